The third-order valence-electron chi connectivity index (χ3n) is 3.12. The lowest BCUT2D eigenvalue weighted by atomic mass is 10.2. The fourth-order valence-corrected chi connectivity index (χ4v) is 2.02. The highest BCUT2D eigenvalue weighted by Crippen LogP contribution is 2.13. The number of ether oxygens (including phenoxy) is 1. The van der Waals surface area contributed by atoms with Crippen molar-refractivity contribution in [3.8, 4) is 0 Å². The Morgan fingerprint density at radius 2 is 1.75 bits per heavy atom. The van der Waals surface area contributed by atoms with Gasteiger partial charge in [0.2, 0.25) is 0 Å². The number of esters is 1. The van der Waals surface area contributed by atoms with Gasteiger partial charge in [-0.2, -0.15) is 0 Å². The number of nitrogens with one attached hydrogen (secondary N) is 2. The van der Waals surface area contributed by atoms with Crippen LogP contribution in [0.15, 0.2) is 42.6 Å². The molecule has 0 spiro atoms. The number of amides is 1. The van der Waals surface area contributed by atoms with Crippen LogP contribution in [0.1, 0.15) is 41.5 Å². The van der Waals surface area contributed by atoms with E-state index in [1.807, 2.05) is 13.8 Å². The number of nitrogens with zero attached hydrogens (tertiary/aromatic N) is 1. The average Bonchev–Trinajstić information content (AvgIpc) is 2.56. The normalized spacial score (nSPS) is 10.3. The molecule has 0 fully saturated rings. The van der Waals surface area contributed by atoms with Gasteiger partial charge in [-0.25, -0.2) is 9.78 Å². The van der Waals surface area contributed by atoms with Gasteiger partial charge in [0.25, 0.3) is 5.91 Å². The molecule has 1 heterocycles. The van der Waals surface area contributed by atoms with Gasteiger partial charge in [0.15, 0.2) is 0 Å². The van der Waals surface area contributed by atoms with Crippen molar-refractivity contribution in [1.82, 2.24) is 4.98 Å². The van der Waals surface area contributed by atoms with E-state index < -0.39 is 0 Å². The minimum atomic E-state index is -0.382. The summed E-state index contributed by atoms with van der Waals surface area (Å²) in [5.41, 5.74) is 1.50. The summed E-state index contributed by atoms with van der Waals surface area (Å²) < 4.78 is 4.92. The van der Waals surface area contributed by atoms with Crippen molar-refractivity contribution in [3.63, 3.8) is 0 Å². The van der Waals surface area contributed by atoms with Gasteiger partial charge in [-0.15, -0.1) is 0 Å². The van der Waals surface area contributed by atoms with Gasteiger partial charge >= 0.3 is 5.97 Å². The molecule has 0 atom stereocenters. The smallest absolute Gasteiger partial charge is 0.338 e. The lowest BCUT2D eigenvalue weighted by molar-refractivity contribution is 0.0526. The Kier molecular flexibility index (Phi) is 5.89. The van der Waals surface area contributed by atoms with E-state index in [1.54, 1.807) is 43.3 Å². The number of rotatable bonds is 6. The van der Waals surface area contributed by atoms with Gasteiger partial charge in [-0.05, 0) is 57.2 Å². The molecule has 0 bridgehead atoms. The van der Waals surface area contributed by atoms with E-state index in [0.717, 1.165) is 5.82 Å². The van der Waals surface area contributed by atoms with Crippen LogP contribution in [0.5, 0.6) is 0 Å². The lowest BCUT2D eigenvalue weighted by Gasteiger charge is -2.10. The number of carbonyl (C=O) groups is 2. The highest BCUT2D eigenvalue weighted by Gasteiger charge is 2.09. The van der Waals surface area contributed by atoms with E-state index in [2.05, 4.69) is 15.6 Å². The summed E-state index contributed by atoms with van der Waals surface area (Å²) in [7, 11) is 0. The Bertz CT molecular complexity index is 694. The minimum Gasteiger partial charge on any atom is -0.462 e. The Hall–Kier alpha value is -2.89. The number of hydrogen-bond donors (Lipinski definition) is 2. The Balaban J connectivity index is 2.00. The number of benzene rings is 1. The van der Waals surface area contributed by atoms with E-state index in [9.17, 15) is 9.59 Å². The molecule has 1 amide bonds. The molecule has 2 aromatic rings. The molecule has 6 nitrogen and oxygen atoms in total. The number of pyridine rings is 1. The zero-order chi connectivity index (χ0) is 17.5. The molecule has 6 heteroatoms. The van der Waals surface area contributed by atoms with Gasteiger partial charge < -0.3 is 15.4 Å². The maximum Gasteiger partial charge on any atom is 0.338 e. The number of anilines is 2. The molecule has 1 aromatic heterocycles. The summed E-state index contributed by atoms with van der Waals surface area (Å²) in [5, 5.41) is 5.93. The quantitative estimate of drug-likeness (QED) is 0.796. The first-order valence-corrected chi connectivity index (χ1v) is 7.80. The van der Waals surface area contributed by atoms with Crippen LogP contribution in [-0.2, 0) is 4.74 Å². The fraction of sp³-hybridized carbons (Fsp3) is 0.278. The maximum absolute atomic E-state index is 12.2. The van der Waals surface area contributed by atoms with Crippen molar-refractivity contribution in [2.24, 2.45) is 0 Å². The van der Waals surface area contributed by atoms with Crippen LogP contribution in [0.4, 0.5) is 11.5 Å². The van der Waals surface area contributed by atoms with E-state index in [-0.39, 0.29) is 17.9 Å². The highest BCUT2D eigenvalue weighted by atomic mass is 16.5. The number of hydrogen-bond acceptors (Lipinski definition) is 5. The van der Waals surface area contributed by atoms with Crippen molar-refractivity contribution >= 4 is 23.4 Å². The lowest BCUT2D eigenvalue weighted by Crippen LogP contribution is -2.14. The second kappa shape index (κ2) is 8.10. The molecule has 2 rings (SSSR count). The number of aromatic nitrogens is 1. The minimum absolute atomic E-state index is 0.262. The topological polar surface area (TPSA) is 80.3 Å². The first-order valence-electron chi connectivity index (χ1n) is 7.80. The molecule has 0 radical (unpaired) electrons. The van der Waals surface area contributed by atoms with Gasteiger partial charge in [0.05, 0.1) is 17.7 Å². The van der Waals surface area contributed by atoms with Gasteiger partial charge in [0.1, 0.15) is 5.82 Å². The third kappa shape index (κ3) is 4.81. The van der Waals surface area contributed by atoms with E-state index in [0.29, 0.717) is 23.4 Å². The zero-order valence-corrected chi connectivity index (χ0v) is 14.0. The van der Waals surface area contributed by atoms with Crippen LogP contribution >= 0.6 is 0 Å². The molecule has 0 aliphatic rings. The van der Waals surface area contributed by atoms with Crippen LogP contribution in [0.2, 0.25) is 0 Å². The molecular formula is C18H21N3O3. The van der Waals surface area contributed by atoms with Crippen molar-refractivity contribution in [2.75, 3.05) is 17.2 Å². The average molecular weight is 327 g/mol. The predicted molar refractivity (Wildman–Crippen MR) is 93.3 cm³/mol. The fourth-order valence-electron chi connectivity index (χ4n) is 2.02. The Morgan fingerprint density at radius 1 is 1.08 bits per heavy atom. The Morgan fingerprint density at radius 3 is 2.29 bits per heavy atom. The van der Waals surface area contributed by atoms with E-state index in [1.165, 1.54) is 6.20 Å². The molecule has 24 heavy (non-hydrogen) atoms. The van der Waals surface area contributed by atoms with Crippen LogP contribution in [0.25, 0.3) is 0 Å². The molecule has 2 N–H and O–H groups in total. The zero-order valence-electron chi connectivity index (χ0n) is 14.0. The molecule has 0 aliphatic heterocycles. The Labute approximate surface area is 141 Å². The summed E-state index contributed by atoms with van der Waals surface area (Å²) in [5.74, 6) is 0.0793. The van der Waals surface area contributed by atoms with Gasteiger partial charge in [-0.3, -0.25) is 4.79 Å². The molecule has 0 saturated heterocycles. The van der Waals surface area contributed by atoms with E-state index in [4.69, 9.17) is 4.74 Å². The first-order chi connectivity index (χ1) is 11.5. The van der Waals surface area contributed by atoms with Crippen LogP contribution in [0.3, 0.4) is 0 Å². The maximum atomic E-state index is 12.2. The summed E-state index contributed by atoms with van der Waals surface area (Å²) in [6, 6.07) is 10.3. The SMILES string of the molecule is CCOC(=O)c1ccc(NC(=O)c2ccc(NC(C)C)nc2)cc1. The van der Waals surface area contributed by atoms with Crippen molar-refractivity contribution < 1.29 is 14.3 Å². The van der Waals surface area contributed by atoms with Crippen LogP contribution in [-0.4, -0.2) is 29.5 Å². The molecule has 0 unspecified atom stereocenters. The molecule has 1 aromatic carbocycles. The van der Waals surface area contributed by atoms with Crippen molar-refractivity contribution in [3.05, 3.63) is 53.7 Å². The molecule has 126 valence electrons. The summed E-state index contributed by atoms with van der Waals surface area (Å²) in [6.45, 7) is 6.11. The standard InChI is InChI=1S/C18H21N3O3/c1-4-24-18(23)13-5-8-15(9-6-13)21-17(22)14-7-10-16(19-11-14)20-12(2)3/h5-12H,4H2,1-3H3,(H,19,20)(H,21,22). The molecule has 0 aliphatic carbocycles. The predicted octanol–water partition coefficient (Wildman–Crippen LogP) is 3.33. The summed E-state index contributed by atoms with van der Waals surface area (Å²) >= 11 is 0. The van der Waals surface area contributed by atoms with Crippen LogP contribution in [0, 0.1) is 0 Å². The molecule has 0 saturated carbocycles. The van der Waals surface area contributed by atoms with E-state index >= 15 is 0 Å². The molecular weight excluding hydrogens is 306 g/mol. The summed E-state index contributed by atoms with van der Waals surface area (Å²) in [6.07, 6.45) is 1.52. The largest absolute Gasteiger partial charge is 0.462 e. The highest BCUT2D eigenvalue weighted by molar-refractivity contribution is 6.04. The van der Waals surface area contributed by atoms with Crippen molar-refractivity contribution in [2.45, 2.75) is 26.8 Å². The number of carbonyl (C=O) groups excluding carboxylic acids is 2. The second-order valence-electron chi connectivity index (χ2n) is 5.48. The van der Waals surface area contributed by atoms with Gasteiger partial charge in [0, 0.05) is 17.9 Å². The third-order valence-corrected chi connectivity index (χ3v) is 3.12. The monoisotopic (exact) mass is 327 g/mol. The van der Waals surface area contributed by atoms with Crippen LogP contribution < -0.4 is 10.6 Å². The summed E-state index contributed by atoms with van der Waals surface area (Å²) in [4.78, 5) is 28.0. The van der Waals surface area contributed by atoms with Gasteiger partial charge in [-0.1, -0.05) is 0 Å². The second-order valence-corrected chi connectivity index (χ2v) is 5.48. The van der Waals surface area contributed by atoms with Crippen molar-refractivity contribution in [1.29, 1.82) is 0 Å². The first kappa shape index (κ1) is 17.5.